The van der Waals surface area contributed by atoms with Gasteiger partial charge in [0.2, 0.25) is 0 Å². The van der Waals surface area contributed by atoms with Crippen molar-refractivity contribution in [2.24, 2.45) is 0 Å². The highest BCUT2D eigenvalue weighted by atomic mass is 32.2. The van der Waals surface area contributed by atoms with Crippen LogP contribution >= 0.6 is 11.8 Å². The highest BCUT2D eigenvalue weighted by molar-refractivity contribution is 7.99. The van der Waals surface area contributed by atoms with Crippen LogP contribution in [0.3, 0.4) is 0 Å². The van der Waals surface area contributed by atoms with Gasteiger partial charge < -0.3 is 5.11 Å². The molecular formula is C10H8O2S. The van der Waals surface area contributed by atoms with E-state index in [1.54, 1.807) is 0 Å². The topological polar surface area (TPSA) is 37.3 Å². The summed E-state index contributed by atoms with van der Waals surface area (Å²) in [6, 6.07) is 9.74. The first-order chi connectivity index (χ1) is 6.29. The van der Waals surface area contributed by atoms with Gasteiger partial charge in [0.1, 0.15) is 0 Å². The van der Waals surface area contributed by atoms with Gasteiger partial charge >= 0.3 is 5.97 Å². The van der Waals surface area contributed by atoms with Crippen LogP contribution in [0.4, 0.5) is 0 Å². The third-order valence-electron chi connectivity index (χ3n) is 1.25. The van der Waals surface area contributed by atoms with Crippen molar-refractivity contribution in [3.8, 4) is 11.8 Å². The normalized spacial score (nSPS) is 8.62. The minimum absolute atomic E-state index is 0.510. The van der Waals surface area contributed by atoms with Crippen LogP contribution < -0.4 is 0 Å². The molecule has 0 aromatic heterocycles. The maximum atomic E-state index is 10.0. The number of hydrogen-bond acceptors (Lipinski definition) is 2. The summed E-state index contributed by atoms with van der Waals surface area (Å²) in [5, 5.41) is 8.23. The van der Waals surface area contributed by atoms with E-state index in [-0.39, 0.29) is 0 Å². The largest absolute Gasteiger partial charge is 0.472 e. The highest BCUT2D eigenvalue weighted by Gasteiger charge is 1.88. The molecule has 0 bridgehead atoms. The lowest BCUT2D eigenvalue weighted by molar-refractivity contribution is -0.130. The average Bonchev–Trinajstić information content (AvgIpc) is 2.14. The van der Waals surface area contributed by atoms with E-state index in [9.17, 15) is 4.79 Å². The zero-order valence-corrected chi connectivity index (χ0v) is 7.67. The van der Waals surface area contributed by atoms with Crippen molar-refractivity contribution in [1.82, 2.24) is 0 Å². The molecule has 0 heterocycles. The van der Waals surface area contributed by atoms with Crippen molar-refractivity contribution >= 4 is 17.7 Å². The van der Waals surface area contributed by atoms with Gasteiger partial charge in [0.25, 0.3) is 0 Å². The molecule has 2 nitrogen and oxygen atoms in total. The van der Waals surface area contributed by atoms with E-state index < -0.39 is 5.97 Å². The van der Waals surface area contributed by atoms with Crippen LogP contribution in [0.25, 0.3) is 0 Å². The Hall–Kier alpha value is -1.40. The summed E-state index contributed by atoms with van der Waals surface area (Å²) in [7, 11) is 0. The Labute approximate surface area is 81.0 Å². The molecular weight excluding hydrogens is 184 g/mol. The maximum Gasteiger partial charge on any atom is 0.381 e. The predicted molar refractivity (Wildman–Crippen MR) is 52.6 cm³/mol. The third-order valence-corrected chi connectivity index (χ3v) is 2.14. The van der Waals surface area contributed by atoms with Crippen molar-refractivity contribution in [3.63, 3.8) is 0 Å². The van der Waals surface area contributed by atoms with Crippen molar-refractivity contribution in [2.45, 2.75) is 4.90 Å². The number of carboxylic acid groups (broad SMARTS) is 1. The number of rotatable bonds is 2. The van der Waals surface area contributed by atoms with E-state index in [1.807, 2.05) is 30.3 Å². The highest BCUT2D eigenvalue weighted by Crippen LogP contribution is 2.15. The van der Waals surface area contributed by atoms with E-state index in [4.69, 9.17) is 5.11 Å². The molecule has 1 aromatic rings. The summed E-state index contributed by atoms with van der Waals surface area (Å²) in [6.45, 7) is 0. The number of carboxylic acids is 1. The van der Waals surface area contributed by atoms with Crippen molar-refractivity contribution in [2.75, 3.05) is 5.75 Å². The molecule has 0 radical (unpaired) electrons. The lowest BCUT2D eigenvalue weighted by atomic mass is 10.4. The zero-order valence-electron chi connectivity index (χ0n) is 6.86. The number of carbonyl (C=O) groups is 1. The molecule has 1 N–H and O–H groups in total. The Morgan fingerprint density at radius 3 is 2.69 bits per heavy atom. The standard InChI is InChI=1S/C10H8O2S/c11-10(12)7-4-8-13-9-5-2-1-3-6-9/h1-3,5-6H,8H2,(H,11,12). The van der Waals surface area contributed by atoms with E-state index in [1.165, 1.54) is 11.8 Å². The molecule has 0 aliphatic heterocycles. The third kappa shape index (κ3) is 4.24. The molecule has 3 heteroatoms. The van der Waals surface area contributed by atoms with Gasteiger partial charge in [-0.05, 0) is 12.1 Å². The minimum atomic E-state index is -1.08. The quantitative estimate of drug-likeness (QED) is 0.574. The first-order valence-electron chi connectivity index (χ1n) is 3.68. The van der Waals surface area contributed by atoms with Gasteiger partial charge in [-0.25, -0.2) is 4.79 Å². The maximum absolute atomic E-state index is 10.0. The first kappa shape index (κ1) is 9.69. The van der Waals surface area contributed by atoms with Crippen molar-refractivity contribution in [1.29, 1.82) is 0 Å². The van der Waals surface area contributed by atoms with Gasteiger partial charge in [-0.3, -0.25) is 0 Å². The van der Waals surface area contributed by atoms with Crippen molar-refractivity contribution < 1.29 is 9.90 Å². The Morgan fingerprint density at radius 2 is 2.08 bits per heavy atom. The molecule has 13 heavy (non-hydrogen) atoms. The van der Waals surface area contributed by atoms with Crippen LogP contribution in [0, 0.1) is 11.8 Å². The van der Waals surface area contributed by atoms with E-state index in [0.29, 0.717) is 5.75 Å². The molecule has 1 aromatic carbocycles. The SMILES string of the molecule is O=C(O)C#CCSc1ccccc1. The Bertz CT molecular complexity index is 335. The van der Waals surface area contributed by atoms with E-state index >= 15 is 0 Å². The molecule has 0 saturated heterocycles. The molecule has 0 atom stereocenters. The Morgan fingerprint density at radius 1 is 1.38 bits per heavy atom. The van der Waals surface area contributed by atoms with Crippen LogP contribution in [-0.2, 0) is 4.79 Å². The molecule has 0 aliphatic carbocycles. The van der Waals surface area contributed by atoms with Crippen LogP contribution in [0.5, 0.6) is 0 Å². The molecule has 0 amide bonds. The van der Waals surface area contributed by atoms with Crippen LogP contribution in [-0.4, -0.2) is 16.8 Å². The molecule has 1 rings (SSSR count). The smallest absolute Gasteiger partial charge is 0.381 e. The summed E-state index contributed by atoms with van der Waals surface area (Å²) in [5.74, 6) is 4.04. The summed E-state index contributed by atoms with van der Waals surface area (Å²) in [6.07, 6.45) is 0. The summed E-state index contributed by atoms with van der Waals surface area (Å²) >= 11 is 1.53. The molecule has 0 fully saturated rings. The number of benzene rings is 1. The average molecular weight is 192 g/mol. The molecule has 0 aliphatic rings. The molecule has 0 saturated carbocycles. The van der Waals surface area contributed by atoms with Gasteiger partial charge in [-0.15, -0.1) is 11.8 Å². The van der Waals surface area contributed by atoms with E-state index in [0.717, 1.165) is 4.90 Å². The lowest BCUT2D eigenvalue weighted by Crippen LogP contribution is -1.87. The summed E-state index contributed by atoms with van der Waals surface area (Å²) < 4.78 is 0. The Balaban J connectivity index is 2.37. The fourth-order valence-electron chi connectivity index (χ4n) is 0.748. The molecule has 66 valence electrons. The van der Waals surface area contributed by atoms with Crippen molar-refractivity contribution in [3.05, 3.63) is 30.3 Å². The summed E-state index contributed by atoms with van der Waals surface area (Å²) in [5.41, 5.74) is 0. The number of hydrogen-bond donors (Lipinski definition) is 1. The van der Waals surface area contributed by atoms with Crippen LogP contribution in [0.1, 0.15) is 0 Å². The van der Waals surface area contributed by atoms with Crippen LogP contribution in [0.15, 0.2) is 35.2 Å². The monoisotopic (exact) mass is 192 g/mol. The fraction of sp³-hybridized carbons (Fsp3) is 0.100. The second kappa shape index (κ2) is 5.28. The van der Waals surface area contributed by atoms with Gasteiger partial charge in [-0.1, -0.05) is 24.1 Å². The predicted octanol–water partition coefficient (Wildman–Crippen LogP) is 1.87. The molecule has 0 spiro atoms. The van der Waals surface area contributed by atoms with Crippen LogP contribution in [0.2, 0.25) is 0 Å². The first-order valence-corrected chi connectivity index (χ1v) is 4.67. The van der Waals surface area contributed by atoms with E-state index in [2.05, 4.69) is 11.8 Å². The minimum Gasteiger partial charge on any atom is -0.472 e. The van der Waals surface area contributed by atoms with Gasteiger partial charge in [0, 0.05) is 10.8 Å². The number of thioether (sulfide) groups is 1. The second-order valence-corrected chi connectivity index (χ2v) is 3.26. The zero-order chi connectivity index (χ0) is 9.52. The lowest BCUT2D eigenvalue weighted by Gasteiger charge is -1.93. The second-order valence-electron chi connectivity index (χ2n) is 2.21. The Kier molecular flexibility index (Phi) is 3.94. The molecule has 0 unspecified atom stereocenters. The summed E-state index contributed by atoms with van der Waals surface area (Å²) in [4.78, 5) is 11.1. The van der Waals surface area contributed by atoms with Gasteiger partial charge in [0.05, 0.1) is 5.75 Å². The fourth-order valence-corrected chi connectivity index (χ4v) is 1.41. The number of aliphatic carboxylic acids is 1. The van der Waals surface area contributed by atoms with Gasteiger partial charge in [0.15, 0.2) is 0 Å². The van der Waals surface area contributed by atoms with Gasteiger partial charge in [-0.2, -0.15) is 0 Å².